The molecule has 6 nitrogen and oxygen atoms in total. The number of nitrogens with zero attached hydrogens (tertiary/aromatic N) is 4. The highest BCUT2D eigenvalue weighted by molar-refractivity contribution is 5.92. The van der Waals surface area contributed by atoms with Gasteiger partial charge in [-0.25, -0.2) is 4.98 Å². The van der Waals surface area contributed by atoms with Crippen molar-refractivity contribution in [2.24, 2.45) is 5.41 Å². The average Bonchev–Trinajstić information content (AvgIpc) is 2.86. The molecular formula is C27H38N4O2. The second-order valence-corrected chi connectivity index (χ2v) is 9.68. The Hall–Kier alpha value is -2.47. The summed E-state index contributed by atoms with van der Waals surface area (Å²) in [5.41, 5.74) is 2.05. The minimum absolute atomic E-state index is 0.0129. The van der Waals surface area contributed by atoms with Crippen molar-refractivity contribution in [3.8, 4) is 5.75 Å². The second kappa shape index (κ2) is 11.6. The van der Waals surface area contributed by atoms with Gasteiger partial charge in [-0.05, 0) is 62.1 Å². The fourth-order valence-corrected chi connectivity index (χ4v) is 5.32. The van der Waals surface area contributed by atoms with Gasteiger partial charge in [0.2, 0.25) is 0 Å². The van der Waals surface area contributed by atoms with Gasteiger partial charge < -0.3 is 9.64 Å². The highest BCUT2D eigenvalue weighted by Gasteiger charge is 2.37. The van der Waals surface area contributed by atoms with Crippen LogP contribution >= 0.6 is 0 Å². The van der Waals surface area contributed by atoms with E-state index < -0.39 is 0 Å². The second-order valence-electron chi connectivity index (χ2n) is 9.68. The molecule has 1 saturated heterocycles. The van der Waals surface area contributed by atoms with Crippen LogP contribution in [-0.2, 0) is 6.42 Å². The number of likely N-dealkylation sites (tertiary alicyclic amines) is 1. The number of ether oxygens (including phenoxy) is 1. The first-order valence-corrected chi connectivity index (χ1v) is 12.7. The van der Waals surface area contributed by atoms with Gasteiger partial charge in [0, 0.05) is 38.6 Å². The molecule has 0 bridgehead atoms. The molecule has 2 aromatic rings. The van der Waals surface area contributed by atoms with Crippen molar-refractivity contribution in [3.05, 3.63) is 54.1 Å². The van der Waals surface area contributed by atoms with Crippen molar-refractivity contribution in [2.45, 2.75) is 58.3 Å². The average molecular weight is 451 g/mol. The molecule has 6 heteroatoms. The maximum atomic E-state index is 12.9. The standard InChI is InChI=1S/C27H38N4O2/c1-2-3-16-30-19-20-33-25-10-5-4-8-23(25)9-6-7-11-27(22-30)12-17-31(18-13-27)26(32)24-21-28-14-15-29-24/h4-5,8,10,14-15,21H,2-3,6-7,9,11-13,16-20,22H2,1H3. The molecule has 1 aromatic carbocycles. The Morgan fingerprint density at radius 1 is 1.09 bits per heavy atom. The molecule has 1 amide bonds. The Balaban J connectivity index is 1.45. The molecule has 3 heterocycles. The number of aryl methyl sites for hydroxylation is 1. The van der Waals surface area contributed by atoms with Gasteiger partial charge in [-0.15, -0.1) is 0 Å². The lowest BCUT2D eigenvalue weighted by Gasteiger charge is -2.45. The predicted molar refractivity (Wildman–Crippen MR) is 130 cm³/mol. The molecule has 0 unspecified atom stereocenters. The van der Waals surface area contributed by atoms with Gasteiger partial charge in [-0.2, -0.15) is 0 Å². The van der Waals surface area contributed by atoms with Gasteiger partial charge in [0.25, 0.3) is 5.91 Å². The number of benzene rings is 1. The van der Waals surface area contributed by atoms with E-state index in [4.69, 9.17) is 4.74 Å². The molecule has 0 saturated carbocycles. The van der Waals surface area contributed by atoms with E-state index in [1.54, 1.807) is 18.6 Å². The molecule has 0 radical (unpaired) electrons. The van der Waals surface area contributed by atoms with Crippen LogP contribution in [0, 0.1) is 5.41 Å². The summed E-state index contributed by atoms with van der Waals surface area (Å²) in [5.74, 6) is 1.07. The van der Waals surface area contributed by atoms with Gasteiger partial charge in [-0.3, -0.25) is 14.7 Å². The molecule has 1 spiro atoms. The van der Waals surface area contributed by atoms with Crippen molar-refractivity contribution >= 4 is 5.91 Å². The minimum atomic E-state index is 0.0129. The van der Waals surface area contributed by atoms with Crippen LogP contribution in [0.2, 0.25) is 0 Å². The number of fused-ring (bicyclic) bond motifs is 1. The summed E-state index contributed by atoms with van der Waals surface area (Å²) in [4.78, 5) is 25.8. The molecule has 1 aromatic heterocycles. The van der Waals surface area contributed by atoms with Crippen LogP contribution in [0.3, 0.4) is 0 Å². The molecule has 33 heavy (non-hydrogen) atoms. The third kappa shape index (κ3) is 6.32. The summed E-state index contributed by atoms with van der Waals surface area (Å²) in [5, 5.41) is 0. The van der Waals surface area contributed by atoms with E-state index in [1.165, 1.54) is 37.7 Å². The lowest BCUT2D eigenvalue weighted by atomic mass is 9.73. The number of hydrogen-bond donors (Lipinski definition) is 0. The quantitative estimate of drug-likeness (QED) is 0.681. The lowest BCUT2D eigenvalue weighted by Crippen LogP contribution is -2.49. The van der Waals surface area contributed by atoms with Crippen LogP contribution < -0.4 is 4.74 Å². The van der Waals surface area contributed by atoms with E-state index >= 15 is 0 Å². The maximum absolute atomic E-state index is 12.9. The maximum Gasteiger partial charge on any atom is 0.274 e. The van der Waals surface area contributed by atoms with Crippen molar-refractivity contribution in [2.75, 3.05) is 39.3 Å². The van der Waals surface area contributed by atoms with Crippen LogP contribution in [0.4, 0.5) is 0 Å². The number of carbonyl (C=O) groups is 1. The van der Waals surface area contributed by atoms with Crippen molar-refractivity contribution in [3.63, 3.8) is 0 Å². The Morgan fingerprint density at radius 3 is 2.73 bits per heavy atom. The number of carbonyl (C=O) groups excluding carboxylic acids is 1. The van der Waals surface area contributed by atoms with Crippen LogP contribution in [-0.4, -0.2) is 65.0 Å². The first-order chi connectivity index (χ1) is 16.2. The summed E-state index contributed by atoms with van der Waals surface area (Å²) >= 11 is 0. The first kappa shape index (κ1) is 23.7. The van der Waals surface area contributed by atoms with Gasteiger partial charge in [0.15, 0.2) is 0 Å². The third-order valence-electron chi connectivity index (χ3n) is 7.32. The fourth-order valence-electron chi connectivity index (χ4n) is 5.32. The Morgan fingerprint density at radius 2 is 1.94 bits per heavy atom. The molecular weight excluding hydrogens is 412 g/mol. The minimum Gasteiger partial charge on any atom is -0.492 e. The highest BCUT2D eigenvalue weighted by Crippen LogP contribution is 2.38. The summed E-state index contributed by atoms with van der Waals surface area (Å²) in [7, 11) is 0. The molecule has 2 aliphatic heterocycles. The van der Waals surface area contributed by atoms with E-state index in [2.05, 4.69) is 46.1 Å². The van der Waals surface area contributed by atoms with E-state index in [0.29, 0.717) is 5.69 Å². The van der Waals surface area contributed by atoms with Crippen molar-refractivity contribution in [1.82, 2.24) is 19.8 Å². The van der Waals surface area contributed by atoms with E-state index in [9.17, 15) is 4.79 Å². The zero-order valence-electron chi connectivity index (χ0n) is 20.0. The van der Waals surface area contributed by atoms with Gasteiger partial charge in [0.05, 0.1) is 6.20 Å². The van der Waals surface area contributed by atoms with Crippen LogP contribution in [0.15, 0.2) is 42.9 Å². The smallest absolute Gasteiger partial charge is 0.274 e. The third-order valence-corrected chi connectivity index (χ3v) is 7.32. The van der Waals surface area contributed by atoms with E-state index in [1.807, 2.05) is 4.90 Å². The van der Waals surface area contributed by atoms with Crippen molar-refractivity contribution < 1.29 is 9.53 Å². The molecule has 4 rings (SSSR count). The summed E-state index contributed by atoms with van der Waals surface area (Å²) in [6, 6.07) is 8.52. The topological polar surface area (TPSA) is 58.6 Å². The molecule has 178 valence electrons. The van der Waals surface area contributed by atoms with Crippen LogP contribution in [0.25, 0.3) is 0 Å². The predicted octanol–water partition coefficient (Wildman–Crippen LogP) is 4.61. The monoisotopic (exact) mass is 450 g/mol. The van der Waals surface area contributed by atoms with Crippen LogP contribution in [0.1, 0.15) is 67.9 Å². The summed E-state index contributed by atoms with van der Waals surface area (Å²) < 4.78 is 6.24. The number of unbranched alkanes of at least 4 members (excludes halogenated alkanes) is 1. The molecule has 0 atom stereocenters. The molecule has 0 aliphatic carbocycles. The van der Waals surface area contributed by atoms with Gasteiger partial charge in [0.1, 0.15) is 18.1 Å². The van der Waals surface area contributed by atoms with Gasteiger partial charge >= 0.3 is 0 Å². The van der Waals surface area contributed by atoms with E-state index in [-0.39, 0.29) is 11.3 Å². The largest absolute Gasteiger partial charge is 0.492 e. The zero-order chi connectivity index (χ0) is 22.9. The first-order valence-electron chi connectivity index (χ1n) is 12.7. The Labute approximate surface area is 198 Å². The van der Waals surface area contributed by atoms with Crippen LogP contribution in [0.5, 0.6) is 5.75 Å². The normalized spacial score (nSPS) is 19.7. The van der Waals surface area contributed by atoms with Gasteiger partial charge in [-0.1, -0.05) is 38.0 Å². The summed E-state index contributed by atoms with van der Waals surface area (Å²) in [6.07, 6.45) is 14.0. The van der Waals surface area contributed by atoms with Crippen molar-refractivity contribution in [1.29, 1.82) is 0 Å². The SMILES string of the molecule is CCCCN1CCOc2ccccc2CCCCC2(CCN(C(=O)c3cnccn3)CC2)C1. The summed E-state index contributed by atoms with van der Waals surface area (Å²) in [6.45, 7) is 7.77. The number of amides is 1. The number of piperidine rings is 1. The fraction of sp³-hybridized carbons (Fsp3) is 0.593. The Bertz CT molecular complexity index is 881. The number of aromatic nitrogens is 2. The highest BCUT2D eigenvalue weighted by atomic mass is 16.5. The number of rotatable bonds is 4. The molecule has 2 aliphatic rings. The zero-order valence-corrected chi connectivity index (χ0v) is 20.0. The number of para-hydroxylation sites is 1. The molecule has 1 fully saturated rings. The Kier molecular flexibility index (Phi) is 8.32. The lowest BCUT2D eigenvalue weighted by molar-refractivity contribution is 0.0371. The number of hydrogen-bond acceptors (Lipinski definition) is 5. The molecule has 0 N–H and O–H groups in total. The van der Waals surface area contributed by atoms with E-state index in [0.717, 1.165) is 64.3 Å².